The van der Waals surface area contributed by atoms with Crippen LogP contribution in [0.1, 0.15) is 13.3 Å². The number of hydrogen-bond donors (Lipinski definition) is 0. The normalized spacial score (nSPS) is 20.8. The fourth-order valence-corrected chi connectivity index (χ4v) is 2.73. The fraction of sp³-hybridized carbons (Fsp3) is 0.600. The van der Waals surface area contributed by atoms with E-state index in [4.69, 9.17) is 10.7 Å². The number of hydrogen-bond acceptors (Lipinski definition) is 5. The lowest BCUT2D eigenvalue weighted by Crippen LogP contribution is -2.34. The summed E-state index contributed by atoms with van der Waals surface area (Å²) in [6, 6.07) is 0. The van der Waals surface area contributed by atoms with E-state index in [-0.39, 0.29) is 17.6 Å². The number of carbonyl (C=O) groups excluding carboxylic acids is 2. The second-order valence-electron chi connectivity index (χ2n) is 4.09. The summed E-state index contributed by atoms with van der Waals surface area (Å²) in [7, 11) is 0.858. The Bertz CT molecular complexity index is 572. The topological polar surface area (TPSA) is 80.8 Å². The van der Waals surface area contributed by atoms with Crippen molar-refractivity contribution in [2.45, 2.75) is 24.8 Å². The summed E-state index contributed by atoms with van der Waals surface area (Å²) < 4.78 is 65.3. The lowest BCUT2D eigenvalue weighted by atomic mass is 10.3. The average molecular weight is 350 g/mol. The molecule has 0 aromatic rings. The summed E-state index contributed by atoms with van der Waals surface area (Å²) in [6.45, 7) is 0.485. The van der Waals surface area contributed by atoms with Crippen molar-refractivity contribution in [1.82, 2.24) is 4.90 Å². The molecule has 0 aliphatic carbocycles. The predicted octanol–water partition coefficient (Wildman–Crippen LogP) is 1.17. The van der Waals surface area contributed by atoms with E-state index < -0.39 is 51.0 Å². The number of rotatable bonds is 4. The first-order valence-electron chi connectivity index (χ1n) is 5.66. The Hall–Kier alpha value is -1.29. The molecule has 0 N–H and O–H groups in total. The molecule has 6 nitrogen and oxygen atoms in total. The molecule has 1 heterocycles. The summed E-state index contributed by atoms with van der Waals surface area (Å²) >= 11 is 0. The quantitative estimate of drug-likeness (QED) is 0.432. The number of halogens is 4. The van der Waals surface area contributed by atoms with Crippen LogP contribution in [0.2, 0.25) is 0 Å². The molecule has 1 fully saturated rings. The van der Waals surface area contributed by atoms with Crippen molar-refractivity contribution >= 4 is 31.6 Å². The molecule has 1 amide bonds. The van der Waals surface area contributed by atoms with Gasteiger partial charge in [0.25, 0.3) is 0 Å². The SMILES string of the molecule is CCOC(=O)C=C(N1CC(S(=O)(=O)Cl)CC1=O)C(F)(F)F. The molecule has 21 heavy (non-hydrogen) atoms. The Morgan fingerprint density at radius 3 is 2.48 bits per heavy atom. The number of likely N-dealkylation sites (tertiary alicyclic amines) is 1. The summed E-state index contributed by atoms with van der Waals surface area (Å²) in [6.07, 6.45) is -5.58. The minimum atomic E-state index is -5.02. The first kappa shape index (κ1) is 17.8. The number of carbonyl (C=O) groups is 2. The van der Waals surface area contributed by atoms with E-state index in [0.717, 1.165) is 0 Å². The van der Waals surface area contributed by atoms with Gasteiger partial charge in [0.15, 0.2) is 0 Å². The second kappa shape index (κ2) is 6.22. The van der Waals surface area contributed by atoms with Crippen LogP contribution in [0.4, 0.5) is 13.2 Å². The van der Waals surface area contributed by atoms with E-state index >= 15 is 0 Å². The largest absolute Gasteiger partial charge is 0.463 e. The number of nitrogens with zero attached hydrogens (tertiary/aromatic N) is 1. The minimum absolute atomic E-state index is 0.116. The van der Waals surface area contributed by atoms with Gasteiger partial charge in [0.1, 0.15) is 10.9 Å². The monoisotopic (exact) mass is 349 g/mol. The summed E-state index contributed by atoms with van der Waals surface area (Å²) in [5.74, 6) is -2.37. The van der Waals surface area contributed by atoms with E-state index in [2.05, 4.69) is 4.74 Å². The molecule has 0 aromatic carbocycles. The van der Waals surface area contributed by atoms with Crippen molar-refractivity contribution in [3.63, 3.8) is 0 Å². The molecule has 11 heteroatoms. The first-order chi connectivity index (χ1) is 9.46. The molecule has 0 bridgehead atoms. The van der Waals surface area contributed by atoms with Gasteiger partial charge in [0.2, 0.25) is 15.0 Å². The van der Waals surface area contributed by atoms with Crippen LogP contribution in [0.25, 0.3) is 0 Å². The van der Waals surface area contributed by atoms with E-state index in [1.807, 2.05) is 0 Å². The summed E-state index contributed by atoms with van der Waals surface area (Å²) in [5.41, 5.74) is -1.58. The maximum Gasteiger partial charge on any atom is 0.431 e. The van der Waals surface area contributed by atoms with Crippen LogP contribution in [0.15, 0.2) is 11.8 Å². The third-order valence-corrected chi connectivity index (χ3v) is 4.48. The number of amides is 1. The van der Waals surface area contributed by atoms with Gasteiger partial charge in [-0.15, -0.1) is 0 Å². The summed E-state index contributed by atoms with van der Waals surface area (Å²) in [4.78, 5) is 22.9. The number of esters is 1. The van der Waals surface area contributed by atoms with Crippen molar-refractivity contribution in [1.29, 1.82) is 0 Å². The number of allylic oxidation sites excluding steroid dienone is 1. The van der Waals surface area contributed by atoms with Gasteiger partial charge in [-0.25, -0.2) is 13.2 Å². The van der Waals surface area contributed by atoms with Gasteiger partial charge in [0.05, 0.1) is 12.7 Å². The molecule has 1 unspecified atom stereocenters. The lowest BCUT2D eigenvalue weighted by Gasteiger charge is -2.21. The highest BCUT2D eigenvalue weighted by Crippen LogP contribution is 2.33. The molecule has 0 saturated carbocycles. The van der Waals surface area contributed by atoms with Crippen molar-refractivity contribution in [3.8, 4) is 0 Å². The van der Waals surface area contributed by atoms with Crippen LogP contribution >= 0.6 is 10.7 Å². The molecule has 1 saturated heterocycles. The van der Waals surface area contributed by atoms with E-state index in [1.165, 1.54) is 6.92 Å². The maximum absolute atomic E-state index is 12.9. The van der Waals surface area contributed by atoms with Crippen molar-refractivity contribution in [2.75, 3.05) is 13.2 Å². The number of ether oxygens (including phenoxy) is 1. The van der Waals surface area contributed by atoms with Crippen molar-refractivity contribution in [3.05, 3.63) is 11.8 Å². The van der Waals surface area contributed by atoms with Crippen LogP contribution in [-0.2, 0) is 23.4 Å². The predicted molar refractivity (Wildman–Crippen MR) is 65.7 cm³/mol. The van der Waals surface area contributed by atoms with Crippen LogP contribution in [0.3, 0.4) is 0 Å². The number of alkyl halides is 3. The Morgan fingerprint density at radius 2 is 2.10 bits per heavy atom. The molecular weight excluding hydrogens is 339 g/mol. The van der Waals surface area contributed by atoms with Gasteiger partial charge in [-0.2, -0.15) is 13.2 Å². The van der Waals surface area contributed by atoms with Gasteiger partial charge in [-0.1, -0.05) is 0 Å². The Morgan fingerprint density at radius 1 is 1.52 bits per heavy atom. The Balaban J connectivity index is 3.12. The summed E-state index contributed by atoms with van der Waals surface area (Å²) in [5, 5.41) is -1.46. The van der Waals surface area contributed by atoms with Crippen molar-refractivity contribution in [2.24, 2.45) is 0 Å². The molecule has 1 aliphatic heterocycles. The molecule has 0 aromatic heterocycles. The third kappa shape index (κ3) is 4.60. The Kier molecular flexibility index (Phi) is 5.26. The van der Waals surface area contributed by atoms with Gasteiger partial charge < -0.3 is 9.64 Å². The molecule has 120 valence electrons. The minimum Gasteiger partial charge on any atom is -0.463 e. The second-order valence-corrected chi connectivity index (χ2v) is 6.99. The maximum atomic E-state index is 12.9. The fourth-order valence-electron chi connectivity index (χ4n) is 1.70. The zero-order valence-electron chi connectivity index (χ0n) is 10.7. The molecule has 1 atom stereocenters. The highest BCUT2D eigenvalue weighted by atomic mass is 35.7. The molecular formula is C10H11ClF3NO5S. The molecule has 1 rings (SSSR count). The van der Waals surface area contributed by atoms with Gasteiger partial charge in [0, 0.05) is 23.6 Å². The zero-order valence-corrected chi connectivity index (χ0v) is 12.3. The molecule has 1 aliphatic rings. The van der Waals surface area contributed by atoms with Crippen molar-refractivity contribution < 1.29 is 35.9 Å². The Labute approximate surface area is 122 Å². The van der Waals surface area contributed by atoms with E-state index in [0.29, 0.717) is 0 Å². The highest BCUT2D eigenvalue weighted by molar-refractivity contribution is 8.14. The first-order valence-corrected chi connectivity index (χ1v) is 8.03. The molecule has 0 spiro atoms. The van der Waals surface area contributed by atoms with Crippen LogP contribution in [-0.4, -0.2) is 49.8 Å². The van der Waals surface area contributed by atoms with Crippen LogP contribution in [0, 0.1) is 0 Å². The third-order valence-electron chi connectivity index (χ3n) is 2.61. The standard InChI is InChI=1S/C10H11ClF3NO5S/c1-2-20-9(17)4-7(10(12,13)14)15-5-6(3-8(15)16)21(11,18)19/h4,6H,2-3,5H2,1H3. The average Bonchev–Trinajstić information content (AvgIpc) is 2.66. The van der Waals surface area contributed by atoms with Crippen LogP contribution < -0.4 is 0 Å². The van der Waals surface area contributed by atoms with Gasteiger partial charge in [-0.05, 0) is 6.92 Å². The van der Waals surface area contributed by atoms with Crippen LogP contribution in [0.5, 0.6) is 0 Å². The smallest absolute Gasteiger partial charge is 0.431 e. The van der Waals surface area contributed by atoms with E-state index in [9.17, 15) is 31.2 Å². The molecule has 0 radical (unpaired) electrons. The lowest BCUT2D eigenvalue weighted by molar-refractivity contribution is -0.142. The zero-order chi connectivity index (χ0) is 16.4. The van der Waals surface area contributed by atoms with Gasteiger partial charge >= 0.3 is 12.1 Å². The van der Waals surface area contributed by atoms with E-state index in [1.54, 1.807) is 0 Å². The highest BCUT2D eigenvalue weighted by Gasteiger charge is 2.47. The van der Waals surface area contributed by atoms with Gasteiger partial charge in [-0.3, -0.25) is 4.79 Å².